The highest BCUT2D eigenvalue weighted by atomic mass is 16.5. The van der Waals surface area contributed by atoms with Crippen LogP contribution in [0, 0.1) is 23.7 Å². The Kier molecular flexibility index (Phi) is 12.9. The lowest BCUT2D eigenvalue weighted by Gasteiger charge is -2.37. The molecule has 2 aromatic heterocycles. The molecule has 54 heavy (non-hydrogen) atoms. The molecule has 0 radical (unpaired) electrons. The lowest BCUT2D eigenvalue weighted by molar-refractivity contribution is -0.136. The number of likely N-dealkylation sites (tertiary alicyclic amines) is 2. The summed E-state index contributed by atoms with van der Waals surface area (Å²) in [6.07, 6.45) is 14.7. The minimum atomic E-state index is -0.673. The molecular formula is C40H60N6O8. The third-order valence-corrected chi connectivity index (χ3v) is 12.6. The third kappa shape index (κ3) is 8.72. The van der Waals surface area contributed by atoms with Crippen molar-refractivity contribution >= 4 is 24.0 Å². The van der Waals surface area contributed by atoms with E-state index in [1.807, 2.05) is 37.5 Å². The van der Waals surface area contributed by atoms with Crippen molar-refractivity contribution in [2.24, 2.45) is 23.7 Å². The first kappa shape index (κ1) is 39.6. The second-order valence-electron chi connectivity index (χ2n) is 16.5. The van der Waals surface area contributed by atoms with E-state index in [-0.39, 0.29) is 35.7 Å². The van der Waals surface area contributed by atoms with E-state index in [4.69, 9.17) is 28.3 Å². The molecule has 4 aliphatic rings. The maximum Gasteiger partial charge on any atom is 0.407 e. The minimum absolute atomic E-state index is 0.0900. The third-order valence-electron chi connectivity index (χ3n) is 12.6. The first-order chi connectivity index (χ1) is 26.0. The first-order valence-corrected chi connectivity index (χ1v) is 20.2. The number of hydrogen-bond acceptors (Lipinski definition) is 10. The van der Waals surface area contributed by atoms with Crippen LogP contribution in [0.1, 0.15) is 152 Å². The molecule has 2 aromatic rings. The zero-order chi connectivity index (χ0) is 38.5. The number of amides is 4. The van der Waals surface area contributed by atoms with Gasteiger partial charge < -0.3 is 38.7 Å². The van der Waals surface area contributed by atoms with Crippen LogP contribution in [0.2, 0.25) is 0 Å². The summed E-state index contributed by atoms with van der Waals surface area (Å²) in [5.41, 5.74) is 1.98. The van der Waals surface area contributed by atoms with Crippen molar-refractivity contribution in [1.29, 1.82) is 0 Å². The highest BCUT2D eigenvalue weighted by Crippen LogP contribution is 2.46. The van der Waals surface area contributed by atoms with Crippen LogP contribution in [0.3, 0.4) is 0 Å². The van der Waals surface area contributed by atoms with E-state index >= 15 is 0 Å². The Labute approximate surface area is 318 Å². The molecule has 4 amide bonds. The maximum atomic E-state index is 13.5. The number of nitrogens with zero attached hydrogens (tertiary/aromatic N) is 4. The fourth-order valence-electron chi connectivity index (χ4n) is 9.39. The van der Waals surface area contributed by atoms with E-state index in [1.54, 1.807) is 12.5 Å². The van der Waals surface area contributed by atoms with Gasteiger partial charge in [0.1, 0.15) is 36.7 Å². The predicted octanol–water partition coefficient (Wildman–Crippen LogP) is 7.00. The number of nitrogens with one attached hydrogen (secondary N) is 2. The molecule has 4 fully saturated rings. The second-order valence-corrected chi connectivity index (χ2v) is 16.5. The van der Waals surface area contributed by atoms with Gasteiger partial charge in [-0.05, 0) is 101 Å². The number of methoxy groups -OCH3 is 2. The largest absolute Gasteiger partial charge is 0.453 e. The number of alkyl carbamates (subject to hydrolysis) is 2. The average molecular weight is 753 g/mol. The fourth-order valence-corrected chi connectivity index (χ4v) is 9.39. The Morgan fingerprint density at radius 2 is 1.00 bits per heavy atom. The van der Waals surface area contributed by atoms with Gasteiger partial charge in [-0.25, -0.2) is 19.6 Å². The summed E-state index contributed by atoms with van der Waals surface area (Å²) in [5.74, 6) is 2.85. The van der Waals surface area contributed by atoms with Crippen LogP contribution in [-0.2, 0) is 19.1 Å². The smallest absolute Gasteiger partial charge is 0.407 e. The number of carbonyl (C=O) groups excluding carboxylic acids is 4. The molecule has 0 unspecified atom stereocenters. The summed E-state index contributed by atoms with van der Waals surface area (Å²) < 4.78 is 21.6. The Bertz CT molecular complexity index is 1470. The summed E-state index contributed by atoms with van der Waals surface area (Å²) in [7, 11) is 2.60. The van der Waals surface area contributed by atoms with E-state index < -0.39 is 24.3 Å². The first-order valence-electron chi connectivity index (χ1n) is 20.2. The van der Waals surface area contributed by atoms with E-state index in [0.29, 0.717) is 48.5 Å². The van der Waals surface area contributed by atoms with Crippen molar-refractivity contribution in [3.8, 4) is 0 Å². The molecule has 4 heterocycles. The van der Waals surface area contributed by atoms with Gasteiger partial charge in [-0.15, -0.1) is 0 Å². The predicted molar refractivity (Wildman–Crippen MR) is 198 cm³/mol. The number of aromatic nitrogens is 2. The molecule has 0 spiro atoms. The van der Waals surface area contributed by atoms with Crippen LogP contribution in [0.15, 0.2) is 21.4 Å². The summed E-state index contributed by atoms with van der Waals surface area (Å²) in [4.78, 5) is 64.5. The van der Waals surface area contributed by atoms with Gasteiger partial charge in [0.05, 0.1) is 25.6 Å². The van der Waals surface area contributed by atoms with Crippen LogP contribution in [0.25, 0.3) is 0 Å². The Hall–Kier alpha value is -4.10. The van der Waals surface area contributed by atoms with Gasteiger partial charge in [-0.3, -0.25) is 9.59 Å². The van der Waals surface area contributed by atoms with E-state index in [9.17, 15) is 19.2 Å². The van der Waals surface area contributed by atoms with Crippen molar-refractivity contribution in [2.45, 2.75) is 141 Å². The molecule has 2 saturated heterocycles. The number of hydrogen-bond donors (Lipinski definition) is 2. The van der Waals surface area contributed by atoms with Gasteiger partial charge >= 0.3 is 12.2 Å². The quantitative estimate of drug-likeness (QED) is 0.244. The highest BCUT2D eigenvalue weighted by molar-refractivity contribution is 5.87. The summed E-state index contributed by atoms with van der Waals surface area (Å²) in [5, 5.41) is 5.41. The zero-order valence-electron chi connectivity index (χ0n) is 32.9. The monoisotopic (exact) mass is 752 g/mol. The molecular weight excluding hydrogens is 692 g/mol. The number of ether oxygens (including phenoxy) is 2. The molecule has 6 rings (SSSR count). The molecule has 0 aromatic carbocycles. The van der Waals surface area contributed by atoms with Crippen molar-refractivity contribution in [2.75, 3.05) is 27.3 Å². The number of carbonyl (C=O) groups is 4. The van der Waals surface area contributed by atoms with Crippen molar-refractivity contribution < 1.29 is 37.5 Å². The molecule has 2 saturated carbocycles. The standard InChI is InChI=1S/C40H60N6O8/c1-23(2)33(43-39(49)51-5)37(47)45-19-7-9-31(45)35-41-29(21-53-35)27-15-11-25(12-16-27)26-13-17-28(18-14-26)30-22-54-36(42-30)32-10-8-20-46(32)38(48)34(24(3)4)44-40(50)52-6/h21-28,31-34H,7-20H2,1-6H3,(H,43,49)(H,44,50)/t25?,26?,27?,28?,31-,32-,33-,34-/m1/s1. The number of oxazole rings is 2. The Morgan fingerprint density at radius 3 is 1.33 bits per heavy atom. The lowest BCUT2D eigenvalue weighted by atomic mass is 9.68. The summed E-state index contributed by atoms with van der Waals surface area (Å²) in [6.45, 7) is 8.86. The molecule has 2 N–H and O–H groups in total. The lowest BCUT2D eigenvalue weighted by Crippen LogP contribution is -2.51. The SMILES string of the molecule is COC(=O)N[C@@H](C(=O)N1CCC[C@@H]1c1nc(C2CCC(C3CCC(c4coc([C@H]5CCCN5C(=O)[C@H](NC(=O)OC)C(C)C)n4)CC3)CC2)co1)C(C)C. The molecule has 14 heteroatoms. The van der Waals surface area contributed by atoms with Crippen LogP contribution in [-0.4, -0.2) is 83.2 Å². The second kappa shape index (κ2) is 17.6. The molecule has 14 nitrogen and oxygen atoms in total. The van der Waals surface area contributed by atoms with E-state index in [0.717, 1.165) is 62.8 Å². The normalized spacial score (nSPS) is 27.2. The van der Waals surface area contributed by atoms with Crippen molar-refractivity contribution in [3.05, 3.63) is 35.7 Å². The van der Waals surface area contributed by atoms with Gasteiger partial charge in [0, 0.05) is 24.9 Å². The van der Waals surface area contributed by atoms with Crippen LogP contribution < -0.4 is 10.6 Å². The van der Waals surface area contributed by atoms with Gasteiger partial charge in [-0.2, -0.15) is 0 Å². The average Bonchev–Trinajstić information content (AvgIpc) is 4.02. The van der Waals surface area contributed by atoms with E-state index in [1.165, 1.54) is 39.9 Å². The van der Waals surface area contributed by atoms with Gasteiger partial charge in [0.2, 0.25) is 23.6 Å². The molecule has 4 atom stereocenters. The fraction of sp³-hybridized carbons (Fsp3) is 0.750. The maximum absolute atomic E-state index is 13.5. The summed E-state index contributed by atoms with van der Waals surface area (Å²) >= 11 is 0. The molecule has 2 aliphatic carbocycles. The van der Waals surface area contributed by atoms with Crippen LogP contribution >= 0.6 is 0 Å². The highest BCUT2D eigenvalue weighted by Gasteiger charge is 2.41. The van der Waals surface area contributed by atoms with Gasteiger partial charge in [0.25, 0.3) is 0 Å². The van der Waals surface area contributed by atoms with Crippen molar-refractivity contribution in [1.82, 2.24) is 30.4 Å². The van der Waals surface area contributed by atoms with Gasteiger partial charge in [0.15, 0.2) is 0 Å². The van der Waals surface area contributed by atoms with E-state index in [2.05, 4.69) is 10.6 Å². The Balaban J connectivity index is 0.986. The van der Waals surface area contributed by atoms with Crippen LogP contribution in [0.5, 0.6) is 0 Å². The topological polar surface area (TPSA) is 169 Å². The molecule has 2 aliphatic heterocycles. The minimum Gasteiger partial charge on any atom is -0.453 e. The zero-order valence-corrected chi connectivity index (χ0v) is 32.9. The Morgan fingerprint density at radius 1 is 0.630 bits per heavy atom. The summed E-state index contributed by atoms with van der Waals surface area (Å²) in [6, 6.07) is -1.81. The number of rotatable bonds is 11. The van der Waals surface area contributed by atoms with Gasteiger partial charge in [-0.1, -0.05) is 27.7 Å². The van der Waals surface area contributed by atoms with Crippen LogP contribution in [0.4, 0.5) is 9.59 Å². The molecule has 298 valence electrons. The molecule has 0 bridgehead atoms. The van der Waals surface area contributed by atoms with Crippen molar-refractivity contribution in [3.63, 3.8) is 0 Å².